The third-order valence-corrected chi connectivity index (χ3v) is 11.1. The van der Waals surface area contributed by atoms with Gasteiger partial charge in [-0.2, -0.15) is 0 Å². The first-order chi connectivity index (χ1) is 25.8. The predicted octanol–water partition coefficient (Wildman–Crippen LogP) is 13.4. The average Bonchev–Trinajstić information content (AvgIpc) is 3.45. The molecule has 53 heavy (non-hydrogen) atoms. The number of hydrogen-bond acceptors (Lipinski definition) is 2. The molecule has 3 aromatic carbocycles. The van der Waals surface area contributed by atoms with Crippen LogP contribution in [0.1, 0.15) is 76.1 Å². The first-order valence-corrected chi connectivity index (χ1v) is 19.2. The van der Waals surface area contributed by atoms with Gasteiger partial charge in [0.1, 0.15) is 5.82 Å². The zero-order valence-electron chi connectivity index (χ0n) is 32.2. The Kier molecular flexibility index (Phi) is 11.9. The zero-order valence-corrected chi connectivity index (χ0v) is 32.2. The van der Waals surface area contributed by atoms with Crippen LogP contribution in [0.25, 0.3) is 5.57 Å². The van der Waals surface area contributed by atoms with Crippen molar-refractivity contribution in [2.45, 2.75) is 65.7 Å². The minimum atomic E-state index is -0.545. The number of benzene rings is 3. The molecule has 0 radical (unpaired) electrons. The normalized spacial score (nSPS) is 22.1. The molecule has 2 heteroatoms. The van der Waals surface area contributed by atoms with E-state index < -0.39 is 5.41 Å². The quantitative estimate of drug-likeness (QED) is 0.105. The lowest BCUT2D eigenvalue weighted by molar-refractivity contribution is 0.528. The second-order valence-corrected chi connectivity index (χ2v) is 14.3. The predicted molar refractivity (Wildman–Crippen MR) is 230 cm³/mol. The average molecular weight is 695 g/mol. The van der Waals surface area contributed by atoms with Gasteiger partial charge in [-0.15, -0.1) is 0 Å². The molecule has 0 fully saturated rings. The summed E-state index contributed by atoms with van der Waals surface area (Å²) < 4.78 is 0. The Balaban J connectivity index is 1.63. The van der Waals surface area contributed by atoms with Gasteiger partial charge >= 0.3 is 0 Å². The van der Waals surface area contributed by atoms with Crippen LogP contribution < -0.4 is 4.90 Å². The van der Waals surface area contributed by atoms with Crippen molar-refractivity contribution in [1.82, 2.24) is 0 Å². The van der Waals surface area contributed by atoms with Crippen molar-refractivity contribution in [3.05, 3.63) is 215 Å². The lowest BCUT2D eigenvalue weighted by atomic mass is 9.67. The van der Waals surface area contributed by atoms with Gasteiger partial charge in [0, 0.05) is 17.8 Å². The van der Waals surface area contributed by atoms with Gasteiger partial charge in [0.2, 0.25) is 0 Å². The van der Waals surface area contributed by atoms with Crippen molar-refractivity contribution < 1.29 is 0 Å². The van der Waals surface area contributed by atoms with E-state index in [1.165, 1.54) is 50.1 Å². The molecule has 0 bridgehead atoms. The van der Waals surface area contributed by atoms with Crippen LogP contribution >= 0.6 is 0 Å². The molecule has 0 saturated heterocycles. The number of allylic oxidation sites excluding steroid dienone is 16. The highest BCUT2D eigenvalue weighted by Gasteiger charge is 2.48. The molecule has 0 N–H and O–H groups in total. The van der Waals surface area contributed by atoms with Gasteiger partial charge in [-0.3, -0.25) is 0 Å². The second-order valence-electron chi connectivity index (χ2n) is 14.3. The fraction of sp³-hybridized carbons (Fsp3) is 0.235. The van der Waals surface area contributed by atoms with Crippen LogP contribution in [0.15, 0.2) is 198 Å². The summed E-state index contributed by atoms with van der Waals surface area (Å²) in [5, 5.41) is 0. The molecule has 0 saturated carbocycles. The lowest BCUT2D eigenvalue weighted by Gasteiger charge is -2.37. The van der Waals surface area contributed by atoms with Gasteiger partial charge in [0.25, 0.3) is 0 Å². The van der Waals surface area contributed by atoms with E-state index in [0.29, 0.717) is 11.7 Å². The highest BCUT2D eigenvalue weighted by molar-refractivity contribution is 5.99. The lowest BCUT2D eigenvalue weighted by Crippen LogP contribution is -2.31. The maximum absolute atomic E-state index is 5.56. The Bertz CT molecular complexity index is 2120. The minimum Gasteiger partial charge on any atom is -0.302 e. The number of anilines is 1. The van der Waals surface area contributed by atoms with Crippen LogP contribution in [0.5, 0.6) is 0 Å². The Morgan fingerprint density at radius 2 is 1.74 bits per heavy atom. The summed E-state index contributed by atoms with van der Waals surface area (Å²) in [6.07, 6.45) is 30.3. The Labute approximate surface area is 318 Å². The molecule has 3 aromatic rings. The van der Waals surface area contributed by atoms with E-state index in [0.717, 1.165) is 37.1 Å². The van der Waals surface area contributed by atoms with Crippen molar-refractivity contribution in [3.63, 3.8) is 0 Å². The number of aliphatic imine (C=N–C) groups is 1. The molecule has 3 atom stereocenters. The summed E-state index contributed by atoms with van der Waals surface area (Å²) in [5.74, 6) is 1.26. The summed E-state index contributed by atoms with van der Waals surface area (Å²) in [7, 11) is 0. The highest BCUT2D eigenvalue weighted by atomic mass is 15.2. The number of hydrogen-bond donors (Lipinski definition) is 0. The van der Waals surface area contributed by atoms with E-state index in [9.17, 15) is 0 Å². The number of rotatable bonds is 12. The van der Waals surface area contributed by atoms with E-state index in [1.807, 2.05) is 12.2 Å². The first kappa shape index (κ1) is 37.3. The number of nitrogens with zero attached hydrogens (tertiary/aromatic N) is 2. The summed E-state index contributed by atoms with van der Waals surface area (Å²) in [5.41, 5.74) is 13.0. The maximum Gasteiger partial charge on any atom is 0.130 e. The molecule has 0 aromatic heterocycles. The largest absolute Gasteiger partial charge is 0.302 e. The molecule has 1 heterocycles. The van der Waals surface area contributed by atoms with Gasteiger partial charge in [0.05, 0.1) is 11.1 Å². The van der Waals surface area contributed by atoms with Crippen molar-refractivity contribution in [1.29, 1.82) is 0 Å². The van der Waals surface area contributed by atoms with Crippen molar-refractivity contribution in [2.24, 2.45) is 16.8 Å². The van der Waals surface area contributed by atoms with Gasteiger partial charge < -0.3 is 4.90 Å². The molecular weight excluding hydrogens is 641 g/mol. The zero-order chi connectivity index (χ0) is 37.4. The second kappa shape index (κ2) is 16.9. The number of fused-ring (bicyclic) bond motifs is 4. The number of para-hydroxylation sites is 1. The molecule has 0 spiro atoms. The van der Waals surface area contributed by atoms with E-state index in [-0.39, 0.29) is 5.92 Å². The van der Waals surface area contributed by atoms with Crippen molar-refractivity contribution in [3.8, 4) is 0 Å². The van der Waals surface area contributed by atoms with Gasteiger partial charge in [-0.1, -0.05) is 166 Å². The van der Waals surface area contributed by atoms with Crippen LogP contribution in [-0.4, -0.2) is 5.71 Å². The van der Waals surface area contributed by atoms with Crippen molar-refractivity contribution >= 4 is 17.0 Å². The fourth-order valence-corrected chi connectivity index (χ4v) is 8.48. The van der Waals surface area contributed by atoms with E-state index in [1.54, 1.807) is 0 Å². The Hall–Kier alpha value is -5.47. The van der Waals surface area contributed by atoms with Crippen LogP contribution in [-0.2, 0) is 11.8 Å². The van der Waals surface area contributed by atoms with Crippen LogP contribution in [0, 0.1) is 11.8 Å². The van der Waals surface area contributed by atoms with E-state index in [4.69, 9.17) is 11.6 Å². The Morgan fingerprint density at radius 1 is 0.981 bits per heavy atom. The summed E-state index contributed by atoms with van der Waals surface area (Å²) in [6.45, 7) is 19.9. The molecule has 1 aliphatic heterocycles. The molecule has 268 valence electrons. The summed E-state index contributed by atoms with van der Waals surface area (Å²) in [6, 6.07) is 28.6. The first-order valence-electron chi connectivity index (χ1n) is 19.2. The maximum atomic E-state index is 5.56. The van der Waals surface area contributed by atoms with E-state index in [2.05, 4.69) is 186 Å². The molecule has 3 unspecified atom stereocenters. The molecule has 3 aliphatic rings. The highest BCUT2D eigenvalue weighted by Crippen LogP contribution is 2.58. The Morgan fingerprint density at radius 3 is 2.47 bits per heavy atom. The molecule has 2 aliphatic carbocycles. The molecule has 2 nitrogen and oxygen atoms in total. The molecule has 6 rings (SSSR count). The van der Waals surface area contributed by atoms with Crippen molar-refractivity contribution in [2.75, 3.05) is 4.90 Å². The standard InChI is InChI=1S/C51H54N2/c1-8-11-14-24-39(6)51(43-28-17-13-18-29-43)47-31-21-20-30-45(47)46-34-33-42-27-19-22-32-50(42)53(36-48(46)51)40(7)52-49(44(10-3)37(4)23-9-2)35-38(5)41-25-15-12-16-26-41/h8-9,11-15,17-25,27-32,34-37,44H,1,7,10,16,26,33H2,2-6H3/b14-11-,23-9-,38-35+,39-24+,46-34-,48-36+,52-49+. The third-order valence-electron chi connectivity index (χ3n) is 11.1. The van der Waals surface area contributed by atoms with E-state index >= 15 is 0 Å². The third kappa shape index (κ3) is 7.42. The monoisotopic (exact) mass is 694 g/mol. The minimum absolute atomic E-state index is 0.228. The van der Waals surface area contributed by atoms with Gasteiger partial charge in [-0.05, 0) is 109 Å². The van der Waals surface area contributed by atoms with Gasteiger partial charge in [0.15, 0.2) is 0 Å². The summed E-state index contributed by atoms with van der Waals surface area (Å²) >= 11 is 0. The van der Waals surface area contributed by atoms with Crippen LogP contribution in [0.3, 0.4) is 0 Å². The van der Waals surface area contributed by atoms with Crippen LogP contribution in [0.2, 0.25) is 0 Å². The van der Waals surface area contributed by atoms with Gasteiger partial charge in [-0.25, -0.2) is 4.99 Å². The topological polar surface area (TPSA) is 15.6 Å². The summed E-state index contributed by atoms with van der Waals surface area (Å²) in [4.78, 5) is 7.83. The molecule has 0 amide bonds. The van der Waals surface area contributed by atoms with Crippen LogP contribution in [0.4, 0.5) is 5.69 Å². The SMILES string of the molecule is C=C/C=C\C=C(/C)C1(c2ccccc2)C2=C/N(C(=C)/N=C(\C=C(/C)C3=CC=CCC3)C(CC)C(C)/C=C\C)c3ccccc3C/C=C\2c2ccccc21. The molecular formula is C51H54N2. The smallest absolute Gasteiger partial charge is 0.130 e. The fourth-order valence-electron chi connectivity index (χ4n) is 8.48.